The molecule has 106 valence electrons. The van der Waals surface area contributed by atoms with E-state index < -0.39 is 0 Å². The standard InChI is InChI=1S/C17H22N2O/c1-19(14-9-10-18-11-14)12-13-7-8-17(20-2)16-6-4-3-5-15(13)16/h3-8,14,18H,9-12H2,1-2H3. The maximum atomic E-state index is 5.46. The highest BCUT2D eigenvalue weighted by Gasteiger charge is 2.19. The van der Waals surface area contributed by atoms with Crippen LogP contribution in [0.1, 0.15) is 12.0 Å². The van der Waals surface area contributed by atoms with Crippen LogP contribution in [0.3, 0.4) is 0 Å². The van der Waals surface area contributed by atoms with E-state index in [2.05, 4.69) is 53.7 Å². The van der Waals surface area contributed by atoms with Crippen molar-refractivity contribution in [1.82, 2.24) is 10.2 Å². The minimum absolute atomic E-state index is 0.649. The molecule has 1 unspecified atom stereocenters. The van der Waals surface area contributed by atoms with Gasteiger partial charge in [-0.1, -0.05) is 30.3 Å². The average molecular weight is 270 g/mol. The Morgan fingerprint density at radius 2 is 2.00 bits per heavy atom. The van der Waals surface area contributed by atoms with Gasteiger partial charge in [0.15, 0.2) is 0 Å². The monoisotopic (exact) mass is 270 g/mol. The molecule has 1 aliphatic heterocycles. The SMILES string of the molecule is COc1ccc(CN(C)C2CCNC2)c2ccccc12. The second-order valence-corrected chi connectivity index (χ2v) is 5.53. The lowest BCUT2D eigenvalue weighted by atomic mass is 10.0. The highest BCUT2D eigenvalue weighted by atomic mass is 16.5. The van der Waals surface area contributed by atoms with E-state index in [0.29, 0.717) is 6.04 Å². The van der Waals surface area contributed by atoms with Gasteiger partial charge in [-0.2, -0.15) is 0 Å². The Morgan fingerprint density at radius 3 is 2.70 bits per heavy atom. The van der Waals surface area contributed by atoms with E-state index in [4.69, 9.17) is 4.74 Å². The Kier molecular flexibility index (Phi) is 3.90. The maximum absolute atomic E-state index is 5.46. The number of benzene rings is 2. The Morgan fingerprint density at radius 1 is 1.20 bits per heavy atom. The summed E-state index contributed by atoms with van der Waals surface area (Å²) >= 11 is 0. The Balaban J connectivity index is 1.91. The van der Waals surface area contributed by atoms with Gasteiger partial charge in [0.25, 0.3) is 0 Å². The highest BCUT2D eigenvalue weighted by molar-refractivity contribution is 5.91. The first-order chi connectivity index (χ1) is 9.79. The number of hydrogen-bond acceptors (Lipinski definition) is 3. The molecule has 2 aromatic rings. The third-order valence-corrected chi connectivity index (χ3v) is 4.27. The predicted molar refractivity (Wildman–Crippen MR) is 83.2 cm³/mol. The zero-order valence-corrected chi connectivity index (χ0v) is 12.2. The van der Waals surface area contributed by atoms with Crippen LogP contribution in [-0.4, -0.2) is 38.2 Å². The number of rotatable bonds is 4. The van der Waals surface area contributed by atoms with Gasteiger partial charge in [0.05, 0.1) is 7.11 Å². The van der Waals surface area contributed by atoms with Crippen molar-refractivity contribution in [2.24, 2.45) is 0 Å². The zero-order valence-electron chi connectivity index (χ0n) is 12.2. The van der Waals surface area contributed by atoms with E-state index in [1.165, 1.54) is 22.8 Å². The topological polar surface area (TPSA) is 24.5 Å². The number of nitrogens with zero attached hydrogens (tertiary/aromatic N) is 1. The van der Waals surface area contributed by atoms with Crippen molar-refractivity contribution in [3.05, 3.63) is 42.0 Å². The van der Waals surface area contributed by atoms with Crippen LogP contribution in [0, 0.1) is 0 Å². The fourth-order valence-electron chi connectivity index (χ4n) is 3.06. The predicted octanol–water partition coefficient (Wildman–Crippen LogP) is 2.64. The summed E-state index contributed by atoms with van der Waals surface area (Å²) in [4.78, 5) is 2.45. The van der Waals surface area contributed by atoms with E-state index in [-0.39, 0.29) is 0 Å². The Hall–Kier alpha value is -1.58. The van der Waals surface area contributed by atoms with Gasteiger partial charge >= 0.3 is 0 Å². The van der Waals surface area contributed by atoms with Crippen LogP contribution in [0.15, 0.2) is 36.4 Å². The molecule has 2 aromatic carbocycles. The lowest BCUT2D eigenvalue weighted by Gasteiger charge is -2.24. The summed E-state index contributed by atoms with van der Waals surface area (Å²) in [5.41, 5.74) is 1.37. The molecule has 1 heterocycles. The van der Waals surface area contributed by atoms with Crippen molar-refractivity contribution in [3.63, 3.8) is 0 Å². The van der Waals surface area contributed by atoms with Crippen LogP contribution < -0.4 is 10.1 Å². The molecular weight excluding hydrogens is 248 g/mol. The number of nitrogens with one attached hydrogen (secondary N) is 1. The molecule has 1 saturated heterocycles. The van der Waals surface area contributed by atoms with Gasteiger partial charge < -0.3 is 10.1 Å². The van der Waals surface area contributed by atoms with E-state index in [9.17, 15) is 0 Å². The van der Waals surface area contributed by atoms with Crippen molar-refractivity contribution in [3.8, 4) is 5.75 Å². The Bertz CT molecular complexity index is 591. The van der Waals surface area contributed by atoms with Gasteiger partial charge in [0, 0.05) is 24.5 Å². The lowest BCUT2D eigenvalue weighted by molar-refractivity contribution is 0.249. The molecule has 0 spiro atoms. The molecule has 0 saturated carbocycles. The maximum Gasteiger partial charge on any atom is 0.126 e. The molecule has 3 rings (SSSR count). The van der Waals surface area contributed by atoms with Crippen LogP contribution >= 0.6 is 0 Å². The largest absolute Gasteiger partial charge is 0.496 e. The zero-order chi connectivity index (χ0) is 13.9. The van der Waals surface area contributed by atoms with E-state index in [0.717, 1.165) is 25.4 Å². The van der Waals surface area contributed by atoms with E-state index >= 15 is 0 Å². The molecule has 0 amide bonds. The van der Waals surface area contributed by atoms with Crippen LogP contribution in [-0.2, 0) is 6.54 Å². The summed E-state index contributed by atoms with van der Waals surface area (Å²) in [6.45, 7) is 3.22. The molecule has 0 radical (unpaired) electrons. The van der Waals surface area contributed by atoms with Crippen molar-refractivity contribution < 1.29 is 4.74 Å². The first kappa shape index (κ1) is 13.4. The molecule has 0 aromatic heterocycles. The van der Waals surface area contributed by atoms with Crippen molar-refractivity contribution >= 4 is 10.8 Å². The summed E-state index contributed by atoms with van der Waals surface area (Å²) in [6.07, 6.45) is 1.24. The normalized spacial score (nSPS) is 18.9. The van der Waals surface area contributed by atoms with E-state index in [1.807, 2.05) is 0 Å². The number of methoxy groups -OCH3 is 1. The summed E-state index contributed by atoms with van der Waals surface area (Å²) < 4.78 is 5.46. The molecule has 0 aliphatic carbocycles. The first-order valence-corrected chi connectivity index (χ1v) is 7.25. The quantitative estimate of drug-likeness (QED) is 0.924. The molecular formula is C17H22N2O. The molecule has 3 nitrogen and oxygen atoms in total. The van der Waals surface area contributed by atoms with Crippen LogP contribution in [0.2, 0.25) is 0 Å². The number of hydrogen-bond donors (Lipinski definition) is 1. The Labute approximate surface area is 120 Å². The highest BCUT2D eigenvalue weighted by Crippen LogP contribution is 2.29. The van der Waals surface area contributed by atoms with Crippen LogP contribution in [0.5, 0.6) is 5.75 Å². The van der Waals surface area contributed by atoms with Gasteiger partial charge in [-0.3, -0.25) is 4.90 Å². The summed E-state index contributed by atoms with van der Waals surface area (Å²) in [5, 5.41) is 5.93. The summed E-state index contributed by atoms with van der Waals surface area (Å²) in [7, 11) is 3.95. The second kappa shape index (κ2) is 5.81. The van der Waals surface area contributed by atoms with Crippen molar-refractivity contribution in [2.75, 3.05) is 27.2 Å². The fraction of sp³-hybridized carbons (Fsp3) is 0.412. The lowest BCUT2D eigenvalue weighted by Crippen LogP contribution is -2.32. The first-order valence-electron chi connectivity index (χ1n) is 7.25. The molecule has 1 N–H and O–H groups in total. The van der Waals surface area contributed by atoms with E-state index in [1.54, 1.807) is 7.11 Å². The molecule has 1 atom stereocenters. The third-order valence-electron chi connectivity index (χ3n) is 4.27. The van der Waals surface area contributed by atoms with Crippen LogP contribution in [0.4, 0.5) is 0 Å². The van der Waals surface area contributed by atoms with Crippen molar-refractivity contribution in [2.45, 2.75) is 19.0 Å². The third kappa shape index (κ3) is 2.51. The number of ether oxygens (including phenoxy) is 1. The molecule has 3 heteroatoms. The van der Waals surface area contributed by atoms with Gasteiger partial charge in [0.2, 0.25) is 0 Å². The summed E-state index contributed by atoms with van der Waals surface area (Å²) in [5.74, 6) is 0.953. The fourth-order valence-corrected chi connectivity index (χ4v) is 3.06. The molecule has 1 aliphatic rings. The molecule has 1 fully saturated rings. The van der Waals surface area contributed by atoms with Gasteiger partial charge in [-0.15, -0.1) is 0 Å². The van der Waals surface area contributed by atoms with Gasteiger partial charge in [-0.25, -0.2) is 0 Å². The second-order valence-electron chi connectivity index (χ2n) is 5.53. The molecule has 20 heavy (non-hydrogen) atoms. The van der Waals surface area contributed by atoms with Crippen LogP contribution in [0.25, 0.3) is 10.8 Å². The average Bonchev–Trinajstić information content (AvgIpc) is 3.02. The number of fused-ring (bicyclic) bond motifs is 1. The smallest absolute Gasteiger partial charge is 0.126 e. The minimum atomic E-state index is 0.649. The summed E-state index contributed by atoms with van der Waals surface area (Å²) in [6, 6.07) is 13.4. The number of likely N-dealkylation sites (N-methyl/N-ethyl adjacent to an activating group) is 1. The van der Waals surface area contributed by atoms with Gasteiger partial charge in [0.1, 0.15) is 5.75 Å². The minimum Gasteiger partial charge on any atom is -0.496 e. The molecule has 0 bridgehead atoms. The van der Waals surface area contributed by atoms with Crippen molar-refractivity contribution in [1.29, 1.82) is 0 Å². The van der Waals surface area contributed by atoms with Gasteiger partial charge in [-0.05, 0) is 37.0 Å².